The van der Waals surface area contributed by atoms with Crippen LogP contribution in [0.5, 0.6) is 0 Å². The largest absolute Gasteiger partial charge is 0.325 e. The summed E-state index contributed by atoms with van der Waals surface area (Å²) in [6.45, 7) is 0. The molecule has 0 aliphatic heterocycles. The Labute approximate surface area is 177 Å². The van der Waals surface area contributed by atoms with Crippen LogP contribution in [0.1, 0.15) is 0 Å². The fourth-order valence-corrected chi connectivity index (χ4v) is 4.34. The second-order valence-corrected chi connectivity index (χ2v) is 7.98. The van der Waals surface area contributed by atoms with Gasteiger partial charge in [-0.3, -0.25) is 4.79 Å². The van der Waals surface area contributed by atoms with Gasteiger partial charge >= 0.3 is 0 Å². The van der Waals surface area contributed by atoms with Gasteiger partial charge in [-0.05, 0) is 52.3 Å². The van der Waals surface area contributed by atoms with E-state index in [4.69, 9.17) is 16.6 Å². The molecule has 27 heavy (non-hydrogen) atoms. The molecule has 7 heteroatoms. The van der Waals surface area contributed by atoms with Gasteiger partial charge in [0.2, 0.25) is 5.95 Å². The second kappa shape index (κ2) is 7.46. The summed E-state index contributed by atoms with van der Waals surface area (Å²) in [5.41, 5.74) is 1.74. The Balaban J connectivity index is 2.06. The number of para-hydroxylation sites is 2. The molecule has 0 spiro atoms. The first kappa shape index (κ1) is 18.2. The smallest absolute Gasteiger partial charge is 0.267 e. The molecule has 3 aromatic carbocycles. The van der Waals surface area contributed by atoms with Crippen LogP contribution in [-0.2, 0) is 0 Å². The number of hydrogen-bond donors (Lipinski definition) is 1. The van der Waals surface area contributed by atoms with Gasteiger partial charge in [0, 0.05) is 14.6 Å². The molecule has 0 bridgehead atoms. The molecule has 4 rings (SSSR count). The van der Waals surface area contributed by atoms with Crippen LogP contribution >= 0.6 is 43.5 Å². The molecule has 0 unspecified atom stereocenters. The summed E-state index contributed by atoms with van der Waals surface area (Å²) in [5.74, 6) is 0.384. The molecule has 4 aromatic rings. The molecule has 1 aromatic heterocycles. The van der Waals surface area contributed by atoms with Crippen molar-refractivity contribution in [1.29, 1.82) is 0 Å². The van der Waals surface area contributed by atoms with Gasteiger partial charge in [-0.15, -0.1) is 0 Å². The third kappa shape index (κ3) is 3.52. The first-order valence-electron chi connectivity index (χ1n) is 8.03. The fourth-order valence-electron chi connectivity index (χ4n) is 2.81. The number of nitrogens with one attached hydrogen (secondary N) is 1. The van der Waals surface area contributed by atoms with Gasteiger partial charge in [0.25, 0.3) is 5.56 Å². The maximum Gasteiger partial charge on any atom is 0.267 e. The molecule has 1 heterocycles. The molecule has 0 aliphatic carbocycles. The number of hydrogen-bond acceptors (Lipinski definition) is 3. The Hall–Kier alpha value is -2.15. The standard InChI is InChI=1S/C20H12Br2ClN3O/c21-12-10-14-18(15(22)11-12)25-20(24-13-6-2-1-3-7-13)26(19(14)27)17-9-5-4-8-16(17)23/h1-11H,(H,24,25). The third-order valence-electron chi connectivity index (χ3n) is 4.01. The molecule has 0 atom stereocenters. The summed E-state index contributed by atoms with van der Waals surface area (Å²) in [5, 5.41) is 4.18. The molecular weight excluding hydrogens is 494 g/mol. The second-order valence-electron chi connectivity index (χ2n) is 5.80. The highest BCUT2D eigenvalue weighted by atomic mass is 79.9. The number of nitrogens with zero attached hydrogens (tertiary/aromatic N) is 2. The van der Waals surface area contributed by atoms with Crippen LogP contribution in [0.4, 0.5) is 11.6 Å². The van der Waals surface area contributed by atoms with Crippen molar-refractivity contribution >= 4 is 66.0 Å². The lowest BCUT2D eigenvalue weighted by Gasteiger charge is -2.16. The summed E-state index contributed by atoms with van der Waals surface area (Å²) in [4.78, 5) is 18.1. The van der Waals surface area contributed by atoms with E-state index in [1.807, 2.05) is 48.5 Å². The minimum absolute atomic E-state index is 0.214. The van der Waals surface area contributed by atoms with E-state index in [1.165, 1.54) is 4.57 Å². The van der Waals surface area contributed by atoms with E-state index >= 15 is 0 Å². The number of halogens is 3. The van der Waals surface area contributed by atoms with Crippen molar-refractivity contribution in [1.82, 2.24) is 9.55 Å². The summed E-state index contributed by atoms with van der Waals surface area (Å²) in [7, 11) is 0. The number of aromatic nitrogens is 2. The normalized spacial score (nSPS) is 10.9. The predicted octanol–water partition coefficient (Wildman–Crippen LogP) is 6.31. The summed E-state index contributed by atoms with van der Waals surface area (Å²) < 4.78 is 3.01. The molecule has 0 fully saturated rings. The highest BCUT2D eigenvalue weighted by Crippen LogP contribution is 2.29. The highest BCUT2D eigenvalue weighted by molar-refractivity contribution is 9.11. The van der Waals surface area contributed by atoms with Crippen molar-refractivity contribution in [2.24, 2.45) is 0 Å². The molecule has 4 nitrogen and oxygen atoms in total. The lowest BCUT2D eigenvalue weighted by molar-refractivity contribution is 0.973. The van der Waals surface area contributed by atoms with Gasteiger partial charge in [0.05, 0.1) is 21.6 Å². The van der Waals surface area contributed by atoms with E-state index in [2.05, 4.69) is 37.2 Å². The molecule has 0 saturated carbocycles. The van der Waals surface area contributed by atoms with E-state index in [-0.39, 0.29) is 5.56 Å². The van der Waals surface area contributed by atoms with Crippen molar-refractivity contribution in [3.63, 3.8) is 0 Å². The van der Waals surface area contributed by atoms with Crippen LogP contribution in [0.25, 0.3) is 16.6 Å². The zero-order chi connectivity index (χ0) is 19.0. The fraction of sp³-hybridized carbons (Fsp3) is 0. The predicted molar refractivity (Wildman–Crippen MR) is 117 cm³/mol. The van der Waals surface area contributed by atoms with Gasteiger partial charge < -0.3 is 5.32 Å². The zero-order valence-electron chi connectivity index (χ0n) is 13.8. The number of benzene rings is 3. The zero-order valence-corrected chi connectivity index (χ0v) is 17.7. The minimum atomic E-state index is -0.214. The number of rotatable bonds is 3. The van der Waals surface area contributed by atoms with E-state index in [0.717, 1.165) is 14.6 Å². The van der Waals surface area contributed by atoms with Crippen LogP contribution in [0, 0.1) is 0 Å². The topological polar surface area (TPSA) is 46.9 Å². The summed E-state index contributed by atoms with van der Waals surface area (Å²) in [6.07, 6.45) is 0. The van der Waals surface area contributed by atoms with Crippen LogP contribution in [0.3, 0.4) is 0 Å². The Morgan fingerprint density at radius 3 is 2.41 bits per heavy atom. The van der Waals surface area contributed by atoms with Crippen molar-refractivity contribution in [2.75, 3.05) is 5.32 Å². The van der Waals surface area contributed by atoms with Crippen LogP contribution in [0.2, 0.25) is 5.02 Å². The Morgan fingerprint density at radius 1 is 0.963 bits per heavy atom. The average Bonchev–Trinajstić information content (AvgIpc) is 2.65. The van der Waals surface area contributed by atoms with Crippen molar-refractivity contribution in [3.05, 3.63) is 91.1 Å². The number of fused-ring (bicyclic) bond motifs is 1. The van der Waals surface area contributed by atoms with E-state index in [9.17, 15) is 4.79 Å². The molecule has 0 saturated heterocycles. The van der Waals surface area contributed by atoms with Crippen LogP contribution in [0.15, 0.2) is 80.5 Å². The van der Waals surface area contributed by atoms with Gasteiger partial charge in [0.1, 0.15) is 0 Å². The maximum absolute atomic E-state index is 13.4. The van der Waals surface area contributed by atoms with E-state index < -0.39 is 0 Å². The minimum Gasteiger partial charge on any atom is -0.325 e. The quantitative estimate of drug-likeness (QED) is 0.355. The monoisotopic (exact) mass is 503 g/mol. The maximum atomic E-state index is 13.4. The highest BCUT2D eigenvalue weighted by Gasteiger charge is 2.17. The SMILES string of the molecule is O=c1c2cc(Br)cc(Br)c2nc(Nc2ccccc2)n1-c1ccccc1Cl. The molecule has 0 radical (unpaired) electrons. The van der Waals surface area contributed by atoms with Crippen LogP contribution < -0.4 is 10.9 Å². The Morgan fingerprint density at radius 2 is 1.67 bits per heavy atom. The molecule has 1 N–H and O–H groups in total. The van der Waals surface area contributed by atoms with Crippen molar-refractivity contribution in [3.8, 4) is 5.69 Å². The molecule has 134 valence electrons. The van der Waals surface area contributed by atoms with Crippen LogP contribution in [-0.4, -0.2) is 9.55 Å². The van der Waals surface area contributed by atoms with Crippen molar-refractivity contribution < 1.29 is 0 Å². The number of anilines is 2. The lowest BCUT2D eigenvalue weighted by Crippen LogP contribution is -2.23. The van der Waals surface area contributed by atoms with Gasteiger partial charge in [-0.25, -0.2) is 9.55 Å². The van der Waals surface area contributed by atoms with Gasteiger partial charge in [-0.2, -0.15) is 0 Å². The third-order valence-corrected chi connectivity index (χ3v) is 5.40. The Kier molecular flexibility index (Phi) is 5.04. The summed E-state index contributed by atoms with van der Waals surface area (Å²) >= 11 is 13.3. The van der Waals surface area contributed by atoms with Gasteiger partial charge in [-0.1, -0.05) is 57.9 Å². The first-order valence-corrected chi connectivity index (χ1v) is 10.00. The van der Waals surface area contributed by atoms with Crippen molar-refractivity contribution in [2.45, 2.75) is 0 Å². The lowest BCUT2D eigenvalue weighted by atomic mass is 10.2. The molecule has 0 aliphatic rings. The molecule has 0 amide bonds. The van der Waals surface area contributed by atoms with E-state index in [1.54, 1.807) is 18.2 Å². The Bertz CT molecular complexity index is 1210. The summed E-state index contributed by atoms with van der Waals surface area (Å²) in [6, 6.07) is 20.4. The van der Waals surface area contributed by atoms with Gasteiger partial charge in [0.15, 0.2) is 0 Å². The first-order chi connectivity index (χ1) is 13.0. The van der Waals surface area contributed by atoms with E-state index in [0.29, 0.717) is 27.6 Å². The molecular formula is C20H12Br2ClN3O. The average molecular weight is 506 g/mol.